The van der Waals surface area contributed by atoms with Crippen LogP contribution in [0, 0.1) is 0 Å². The van der Waals surface area contributed by atoms with E-state index in [0.717, 1.165) is 24.2 Å². The van der Waals surface area contributed by atoms with E-state index in [1.54, 1.807) is 11.0 Å². The SMILES string of the molecule is CN(C(=O)c1cccc(Oc2ccccc2)c1)C(OC1C[C@H]2CC[C@@H](C1)N2C)c1ccccc1. The van der Waals surface area contributed by atoms with Gasteiger partial charge in [-0.15, -0.1) is 0 Å². The highest BCUT2D eigenvalue weighted by atomic mass is 16.5. The molecule has 2 saturated heterocycles. The molecule has 0 saturated carbocycles. The molecule has 2 aliphatic rings. The summed E-state index contributed by atoms with van der Waals surface area (Å²) in [6.45, 7) is 0. The molecule has 0 spiro atoms. The molecular weight excluding hydrogens is 424 g/mol. The minimum Gasteiger partial charge on any atom is -0.457 e. The van der Waals surface area contributed by atoms with Crippen LogP contribution in [0.4, 0.5) is 0 Å². The molecule has 176 valence electrons. The quantitative estimate of drug-likeness (QED) is 0.416. The van der Waals surface area contributed by atoms with Gasteiger partial charge in [-0.25, -0.2) is 0 Å². The maximum absolute atomic E-state index is 13.6. The summed E-state index contributed by atoms with van der Waals surface area (Å²) in [4.78, 5) is 17.8. The second-order valence-corrected chi connectivity index (χ2v) is 9.40. The van der Waals surface area contributed by atoms with Crippen LogP contribution in [0.25, 0.3) is 0 Å². The lowest BCUT2D eigenvalue weighted by atomic mass is 10.00. The molecule has 5 heteroatoms. The van der Waals surface area contributed by atoms with Crippen molar-refractivity contribution in [3.8, 4) is 11.5 Å². The zero-order valence-electron chi connectivity index (χ0n) is 19.8. The minimum atomic E-state index is -0.444. The molecular formula is C29H32N2O3. The smallest absolute Gasteiger partial charge is 0.256 e. The molecule has 0 aromatic heterocycles. The molecule has 2 aliphatic heterocycles. The number of carbonyl (C=O) groups is 1. The van der Waals surface area contributed by atoms with Gasteiger partial charge in [0.25, 0.3) is 5.91 Å². The van der Waals surface area contributed by atoms with Gasteiger partial charge in [0.15, 0.2) is 6.23 Å². The summed E-state index contributed by atoms with van der Waals surface area (Å²) in [7, 11) is 4.06. The molecule has 34 heavy (non-hydrogen) atoms. The zero-order chi connectivity index (χ0) is 23.5. The van der Waals surface area contributed by atoms with Crippen molar-refractivity contribution >= 4 is 5.91 Å². The molecule has 2 fully saturated rings. The summed E-state index contributed by atoms with van der Waals surface area (Å²) >= 11 is 0. The topological polar surface area (TPSA) is 42.0 Å². The number of hydrogen-bond acceptors (Lipinski definition) is 4. The van der Waals surface area contributed by atoms with Crippen molar-refractivity contribution in [3.05, 3.63) is 96.1 Å². The Morgan fingerprint density at radius 1 is 0.882 bits per heavy atom. The predicted octanol–water partition coefficient (Wildman–Crippen LogP) is 5.89. The Morgan fingerprint density at radius 3 is 2.18 bits per heavy atom. The van der Waals surface area contributed by atoms with Gasteiger partial charge in [-0.3, -0.25) is 4.79 Å². The number of hydrogen-bond donors (Lipinski definition) is 0. The average molecular weight is 457 g/mol. The summed E-state index contributed by atoms with van der Waals surface area (Å²) < 4.78 is 12.6. The van der Waals surface area contributed by atoms with Crippen LogP contribution in [0.3, 0.4) is 0 Å². The highest BCUT2D eigenvalue weighted by Crippen LogP contribution is 2.38. The first kappa shape index (κ1) is 22.6. The van der Waals surface area contributed by atoms with Crippen LogP contribution in [0.5, 0.6) is 11.5 Å². The number of fused-ring (bicyclic) bond motifs is 2. The van der Waals surface area contributed by atoms with Gasteiger partial charge in [0, 0.05) is 30.3 Å². The molecule has 1 amide bonds. The van der Waals surface area contributed by atoms with Crippen molar-refractivity contribution in [2.45, 2.75) is 50.1 Å². The lowest BCUT2D eigenvalue weighted by molar-refractivity contribution is -0.106. The molecule has 2 bridgehead atoms. The van der Waals surface area contributed by atoms with Crippen LogP contribution >= 0.6 is 0 Å². The predicted molar refractivity (Wildman–Crippen MR) is 133 cm³/mol. The number of benzene rings is 3. The Hall–Kier alpha value is -3.15. The number of carbonyl (C=O) groups excluding carboxylic acids is 1. The Morgan fingerprint density at radius 2 is 1.50 bits per heavy atom. The standard InChI is InChI=1S/C29H32N2O3/c1-30-23-16-17-24(30)20-27(19-23)34-29(21-10-5-3-6-11-21)31(2)28(32)22-12-9-15-26(18-22)33-25-13-7-4-8-14-25/h3-15,18,23-24,27,29H,16-17,19-20H2,1-2H3/t23-,24+,27?,29?. The number of piperidine rings is 1. The third kappa shape index (κ3) is 4.86. The van der Waals surface area contributed by atoms with Crippen molar-refractivity contribution in [1.82, 2.24) is 9.80 Å². The number of para-hydroxylation sites is 1. The highest BCUT2D eigenvalue weighted by Gasteiger charge is 2.40. The van der Waals surface area contributed by atoms with E-state index in [-0.39, 0.29) is 12.0 Å². The van der Waals surface area contributed by atoms with Crippen molar-refractivity contribution in [2.75, 3.05) is 14.1 Å². The Labute approximate surface area is 201 Å². The monoisotopic (exact) mass is 456 g/mol. The third-order valence-corrected chi connectivity index (χ3v) is 7.19. The minimum absolute atomic E-state index is 0.0942. The molecule has 2 heterocycles. The number of amides is 1. The maximum Gasteiger partial charge on any atom is 0.256 e. The van der Waals surface area contributed by atoms with Crippen LogP contribution in [-0.4, -0.2) is 48.0 Å². The fraction of sp³-hybridized carbons (Fsp3) is 0.345. The summed E-state index contributed by atoms with van der Waals surface area (Å²) in [5.74, 6) is 1.28. The van der Waals surface area contributed by atoms with E-state index in [1.807, 2.05) is 85.9 Å². The molecule has 5 rings (SSSR count). The summed E-state index contributed by atoms with van der Waals surface area (Å²) in [6.07, 6.45) is 4.19. The van der Waals surface area contributed by atoms with Crippen LogP contribution in [0.15, 0.2) is 84.9 Å². The summed E-state index contributed by atoms with van der Waals surface area (Å²) in [5.41, 5.74) is 1.56. The second-order valence-electron chi connectivity index (χ2n) is 9.40. The average Bonchev–Trinajstić information content (AvgIpc) is 3.07. The number of ether oxygens (including phenoxy) is 2. The van der Waals surface area contributed by atoms with Crippen molar-refractivity contribution in [3.63, 3.8) is 0 Å². The number of nitrogens with zero attached hydrogens (tertiary/aromatic N) is 2. The second kappa shape index (κ2) is 10.00. The Balaban J connectivity index is 1.35. The first-order valence-electron chi connectivity index (χ1n) is 12.1. The zero-order valence-corrected chi connectivity index (χ0v) is 19.8. The highest BCUT2D eigenvalue weighted by molar-refractivity contribution is 5.94. The molecule has 3 aromatic carbocycles. The number of rotatable bonds is 7. The van der Waals surface area contributed by atoms with E-state index in [9.17, 15) is 4.79 Å². The van der Waals surface area contributed by atoms with Gasteiger partial charge in [-0.2, -0.15) is 0 Å². The van der Waals surface area contributed by atoms with Crippen molar-refractivity contribution < 1.29 is 14.3 Å². The Kier molecular flexibility index (Phi) is 6.66. The molecule has 2 unspecified atom stereocenters. The van der Waals surface area contributed by atoms with Gasteiger partial charge >= 0.3 is 0 Å². The maximum atomic E-state index is 13.6. The van der Waals surface area contributed by atoms with E-state index in [1.165, 1.54) is 12.8 Å². The molecule has 0 aliphatic carbocycles. The van der Waals surface area contributed by atoms with Gasteiger partial charge in [-0.1, -0.05) is 54.6 Å². The van der Waals surface area contributed by atoms with E-state index < -0.39 is 6.23 Å². The van der Waals surface area contributed by atoms with Crippen molar-refractivity contribution in [2.24, 2.45) is 0 Å². The lowest BCUT2D eigenvalue weighted by Crippen LogP contribution is -2.44. The fourth-order valence-electron chi connectivity index (χ4n) is 5.29. The first-order valence-corrected chi connectivity index (χ1v) is 12.1. The molecule has 0 radical (unpaired) electrons. The van der Waals surface area contributed by atoms with Gasteiger partial charge in [0.2, 0.25) is 0 Å². The van der Waals surface area contributed by atoms with Gasteiger partial charge in [-0.05, 0) is 63.1 Å². The lowest BCUT2D eigenvalue weighted by Gasteiger charge is -2.39. The summed E-state index contributed by atoms with van der Waals surface area (Å²) in [6, 6.07) is 28.1. The van der Waals surface area contributed by atoms with Crippen LogP contribution in [-0.2, 0) is 4.74 Å². The van der Waals surface area contributed by atoms with E-state index in [2.05, 4.69) is 11.9 Å². The summed E-state index contributed by atoms with van der Waals surface area (Å²) in [5, 5.41) is 0. The van der Waals surface area contributed by atoms with Crippen molar-refractivity contribution in [1.29, 1.82) is 0 Å². The molecule has 3 aromatic rings. The van der Waals surface area contributed by atoms with Crippen LogP contribution in [0.2, 0.25) is 0 Å². The van der Waals surface area contributed by atoms with Crippen LogP contribution < -0.4 is 4.74 Å². The van der Waals surface area contributed by atoms with Gasteiger partial charge in [0.1, 0.15) is 11.5 Å². The molecule has 5 nitrogen and oxygen atoms in total. The third-order valence-electron chi connectivity index (χ3n) is 7.19. The molecule has 4 atom stereocenters. The largest absolute Gasteiger partial charge is 0.457 e. The van der Waals surface area contributed by atoms with E-state index in [4.69, 9.17) is 9.47 Å². The van der Waals surface area contributed by atoms with Gasteiger partial charge in [0.05, 0.1) is 6.10 Å². The van der Waals surface area contributed by atoms with E-state index >= 15 is 0 Å². The Bertz CT molecular complexity index is 1090. The van der Waals surface area contributed by atoms with Crippen LogP contribution in [0.1, 0.15) is 47.8 Å². The first-order chi connectivity index (χ1) is 16.6. The normalized spacial score (nSPS) is 22.8. The fourth-order valence-corrected chi connectivity index (χ4v) is 5.29. The molecule has 0 N–H and O–H groups in total. The van der Waals surface area contributed by atoms with Gasteiger partial charge < -0.3 is 19.3 Å². The van der Waals surface area contributed by atoms with E-state index in [0.29, 0.717) is 23.4 Å².